The van der Waals surface area contributed by atoms with Crippen LogP contribution in [0.1, 0.15) is 35.4 Å². The molecule has 0 atom stereocenters. The molecule has 7 nitrogen and oxygen atoms in total. The van der Waals surface area contributed by atoms with E-state index in [4.69, 9.17) is 15.2 Å². The van der Waals surface area contributed by atoms with E-state index in [9.17, 15) is 0 Å². The van der Waals surface area contributed by atoms with Crippen LogP contribution in [0.2, 0.25) is 0 Å². The van der Waals surface area contributed by atoms with E-state index in [2.05, 4.69) is 38.1 Å². The molecule has 3 heterocycles. The van der Waals surface area contributed by atoms with E-state index < -0.39 is 0 Å². The molecule has 0 unspecified atom stereocenters. The number of hydrogen-bond acceptors (Lipinski definition) is 7. The number of hydrogen-bond donors (Lipinski definition) is 1. The highest BCUT2D eigenvalue weighted by Gasteiger charge is 2.21. The molecule has 0 amide bonds. The van der Waals surface area contributed by atoms with Crippen molar-refractivity contribution in [2.24, 2.45) is 0 Å². The summed E-state index contributed by atoms with van der Waals surface area (Å²) in [6.07, 6.45) is 8.28. The van der Waals surface area contributed by atoms with Crippen LogP contribution in [0, 0.1) is 0 Å². The fraction of sp³-hybridized carbons (Fsp3) is 0.476. The Morgan fingerprint density at radius 2 is 2.00 bits per heavy atom. The number of nitrogens with zero attached hydrogens (tertiary/aromatic N) is 4. The molecule has 0 radical (unpaired) electrons. The van der Waals surface area contributed by atoms with Gasteiger partial charge in [0, 0.05) is 31.8 Å². The second-order valence-electron chi connectivity index (χ2n) is 7.31. The molecule has 4 rings (SSSR count). The number of allylic oxidation sites excluding steroid dienone is 2. The molecule has 1 aliphatic carbocycles. The number of methoxy groups -OCH3 is 1. The molecule has 148 valence electrons. The predicted octanol–water partition coefficient (Wildman–Crippen LogP) is 2.26. The lowest BCUT2D eigenvalue weighted by Gasteiger charge is -2.14. The van der Waals surface area contributed by atoms with Crippen molar-refractivity contribution in [3.05, 3.63) is 46.9 Å². The number of nitrogen functional groups attached to an aromatic ring is 1. The van der Waals surface area contributed by atoms with E-state index >= 15 is 0 Å². The van der Waals surface area contributed by atoms with E-state index in [-0.39, 0.29) is 0 Å². The molecule has 0 spiro atoms. The summed E-state index contributed by atoms with van der Waals surface area (Å²) in [5, 5.41) is 0. The third-order valence-corrected chi connectivity index (χ3v) is 5.26. The van der Waals surface area contributed by atoms with Crippen LogP contribution in [0.4, 0.5) is 5.82 Å². The van der Waals surface area contributed by atoms with Crippen LogP contribution in [0.15, 0.2) is 24.4 Å². The number of anilines is 1. The maximum atomic E-state index is 6.12. The Kier molecular flexibility index (Phi) is 5.83. The molecular formula is C21H27N5O2. The summed E-state index contributed by atoms with van der Waals surface area (Å²) >= 11 is 0. The van der Waals surface area contributed by atoms with E-state index in [1.807, 2.05) is 6.20 Å². The number of fused-ring (bicyclic) bond motifs is 1. The SMILES string of the molecule is COCCOc1nc(N)c2c(n1)C(Cc1ccc(CN3CCCC3)nc1)=CC2. The molecule has 2 aliphatic rings. The van der Waals surface area contributed by atoms with Crippen molar-refractivity contribution in [2.45, 2.75) is 32.2 Å². The van der Waals surface area contributed by atoms with Gasteiger partial charge in [-0.15, -0.1) is 0 Å². The number of aromatic nitrogens is 3. The molecule has 1 aliphatic heterocycles. The summed E-state index contributed by atoms with van der Waals surface area (Å²) in [5.41, 5.74) is 11.4. The van der Waals surface area contributed by atoms with Gasteiger partial charge in [-0.25, -0.2) is 0 Å². The molecule has 2 aromatic rings. The highest BCUT2D eigenvalue weighted by Crippen LogP contribution is 2.32. The number of rotatable bonds is 8. The van der Waals surface area contributed by atoms with Gasteiger partial charge >= 0.3 is 6.01 Å². The first-order valence-corrected chi connectivity index (χ1v) is 9.86. The van der Waals surface area contributed by atoms with Crippen molar-refractivity contribution in [2.75, 3.05) is 39.1 Å². The van der Waals surface area contributed by atoms with Gasteiger partial charge in [-0.3, -0.25) is 9.88 Å². The molecule has 0 saturated carbocycles. The highest BCUT2D eigenvalue weighted by atomic mass is 16.5. The van der Waals surface area contributed by atoms with Crippen molar-refractivity contribution in [1.82, 2.24) is 19.9 Å². The minimum Gasteiger partial charge on any atom is -0.461 e. The number of nitrogens with two attached hydrogens (primary N) is 1. The molecule has 1 fully saturated rings. The van der Waals surface area contributed by atoms with Gasteiger partial charge in [-0.05, 0) is 49.6 Å². The van der Waals surface area contributed by atoms with Gasteiger partial charge in [-0.1, -0.05) is 12.1 Å². The van der Waals surface area contributed by atoms with E-state index in [0.29, 0.717) is 25.0 Å². The van der Waals surface area contributed by atoms with Crippen LogP contribution < -0.4 is 10.5 Å². The lowest BCUT2D eigenvalue weighted by Crippen LogP contribution is -2.19. The summed E-state index contributed by atoms with van der Waals surface area (Å²) in [6, 6.07) is 4.61. The molecule has 0 aromatic carbocycles. The average molecular weight is 381 g/mol. The first-order chi connectivity index (χ1) is 13.7. The van der Waals surface area contributed by atoms with Gasteiger partial charge in [-0.2, -0.15) is 9.97 Å². The van der Waals surface area contributed by atoms with Crippen LogP contribution in [0.25, 0.3) is 5.57 Å². The Morgan fingerprint density at radius 3 is 2.75 bits per heavy atom. The monoisotopic (exact) mass is 381 g/mol. The zero-order valence-electron chi connectivity index (χ0n) is 16.4. The first-order valence-electron chi connectivity index (χ1n) is 9.86. The average Bonchev–Trinajstić information content (AvgIpc) is 3.34. The van der Waals surface area contributed by atoms with Crippen molar-refractivity contribution >= 4 is 11.4 Å². The molecule has 2 aromatic heterocycles. The van der Waals surface area contributed by atoms with Gasteiger partial charge in [0.05, 0.1) is 18.0 Å². The largest absolute Gasteiger partial charge is 0.461 e. The highest BCUT2D eigenvalue weighted by molar-refractivity contribution is 5.75. The summed E-state index contributed by atoms with van der Waals surface area (Å²) in [7, 11) is 1.63. The number of pyridine rings is 1. The molecule has 7 heteroatoms. The Morgan fingerprint density at radius 1 is 1.14 bits per heavy atom. The van der Waals surface area contributed by atoms with Gasteiger partial charge in [0.15, 0.2) is 0 Å². The van der Waals surface area contributed by atoms with Crippen molar-refractivity contribution < 1.29 is 9.47 Å². The standard InChI is InChI=1S/C21H27N5O2/c1-27-10-11-28-21-24-19-16(5-7-18(19)20(22)25-21)12-15-4-6-17(23-13-15)14-26-8-2-3-9-26/h4-6,13H,2-3,7-12,14H2,1H3,(H2,22,24,25). The summed E-state index contributed by atoms with van der Waals surface area (Å²) < 4.78 is 10.6. The summed E-state index contributed by atoms with van der Waals surface area (Å²) in [4.78, 5) is 16.0. The van der Waals surface area contributed by atoms with Crippen LogP contribution in [0.5, 0.6) is 6.01 Å². The van der Waals surface area contributed by atoms with Crippen LogP contribution >= 0.6 is 0 Å². The van der Waals surface area contributed by atoms with Crippen molar-refractivity contribution in [3.63, 3.8) is 0 Å². The zero-order valence-corrected chi connectivity index (χ0v) is 16.4. The molecule has 2 N–H and O–H groups in total. The Labute approximate surface area is 165 Å². The summed E-state index contributed by atoms with van der Waals surface area (Å²) in [5.74, 6) is 0.489. The molecule has 1 saturated heterocycles. The van der Waals surface area contributed by atoms with E-state index in [0.717, 1.165) is 41.9 Å². The third-order valence-electron chi connectivity index (χ3n) is 5.26. The lowest BCUT2D eigenvalue weighted by atomic mass is 10.0. The molecule has 28 heavy (non-hydrogen) atoms. The van der Waals surface area contributed by atoms with Gasteiger partial charge < -0.3 is 15.2 Å². The smallest absolute Gasteiger partial charge is 0.319 e. The fourth-order valence-corrected chi connectivity index (χ4v) is 3.75. The van der Waals surface area contributed by atoms with E-state index in [1.54, 1.807) is 7.11 Å². The van der Waals surface area contributed by atoms with Crippen LogP contribution in [-0.4, -0.2) is 53.3 Å². The van der Waals surface area contributed by atoms with Crippen molar-refractivity contribution in [1.29, 1.82) is 0 Å². The van der Waals surface area contributed by atoms with E-state index in [1.165, 1.54) is 31.5 Å². The number of likely N-dealkylation sites (tertiary alicyclic amines) is 1. The lowest BCUT2D eigenvalue weighted by molar-refractivity contribution is 0.141. The molecular weight excluding hydrogens is 354 g/mol. The second kappa shape index (κ2) is 8.67. The van der Waals surface area contributed by atoms with Crippen LogP contribution in [0.3, 0.4) is 0 Å². The van der Waals surface area contributed by atoms with Gasteiger partial charge in [0.2, 0.25) is 0 Å². The van der Waals surface area contributed by atoms with Crippen molar-refractivity contribution in [3.8, 4) is 6.01 Å². The minimum atomic E-state index is 0.306. The number of ether oxygens (including phenoxy) is 2. The molecule has 0 bridgehead atoms. The maximum Gasteiger partial charge on any atom is 0.319 e. The van der Waals surface area contributed by atoms with Crippen LogP contribution in [-0.2, 0) is 24.1 Å². The minimum absolute atomic E-state index is 0.306. The second-order valence-corrected chi connectivity index (χ2v) is 7.31. The summed E-state index contributed by atoms with van der Waals surface area (Å²) in [6.45, 7) is 4.19. The quantitative estimate of drug-likeness (QED) is 0.702. The van der Waals surface area contributed by atoms with Gasteiger partial charge in [0.1, 0.15) is 12.4 Å². The third kappa shape index (κ3) is 4.31. The fourth-order valence-electron chi connectivity index (χ4n) is 3.75. The maximum absolute atomic E-state index is 6.12. The normalized spacial score (nSPS) is 16.2. The van der Waals surface area contributed by atoms with Gasteiger partial charge in [0.25, 0.3) is 0 Å². The Balaban J connectivity index is 1.43. The predicted molar refractivity (Wildman–Crippen MR) is 108 cm³/mol. The zero-order chi connectivity index (χ0) is 19.3. The Hall–Kier alpha value is -2.51. The topological polar surface area (TPSA) is 86.4 Å². The Bertz CT molecular complexity index is 845. The first kappa shape index (κ1) is 18.8.